The predicted octanol–water partition coefficient (Wildman–Crippen LogP) is 6.30. The summed E-state index contributed by atoms with van der Waals surface area (Å²) in [5.74, 6) is 0.560. The summed E-state index contributed by atoms with van der Waals surface area (Å²) >= 11 is 0. The van der Waals surface area contributed by atoms with Crippen LogP contribution in [0.5, 0.6) is 5.75 Å². The largest absolute Gasteiger partial charge is 0.497 e. The van der Waals surface area contributed by atoms with E-state index in [-0.39, 0.29) is 11.9 Å². The quantitative estimate of drug-likeness (QED) is 0.377. The van der Waals surface area contributed by atoms with Crippen molar-refractivity contribution in [1.29, 1.82) is 0 Å². The van der Waals surface area contributed by atoms with E-state index in [1.165, 1.54) is 5.56 Å². The van der Waals surface area contributed by atoms with Crippen LogP contribution in [0.3, 0.4) is 0 Å². The van der Waals surface area contributed by atoms with Gasteiger partial charge >= 0.3 is 0 Å². The second-order valence-electron chi connectivity index (χ2n) is 8.12. The lowest BCUT2D eigenvalue weighted by atomic mass is 9.98. The number of amides is 1. The summed E-state index contributed by atoms with van der Waals surface area (Å²) in [6.45, 7) is 0. The van der Waals surface area contributed by atoms with E-state index in [2.05, 4.69) is 46.7 Å². The maximum Gasteiger partial charge on any atom is 0.255 e. The van der Waals surface area contributed by atoms with Crippen LogP contribution >= 0.6 is 0 Å². The van der Waals surface area contributed by atoms with Crippen LogP contribution in [0.4, 0.5) is 11.4 Å². The molecule has 5 nitrogen and oxygen atoms in total. The van der Waals surface area contributed by atoms with Gasteiger partial charge in [0.05, 0.1) is 24.6 Å². The normalized spacial score (nSPS) is 15.0. The Morgan fingerprint density at radius 2 is 1.50 bits per heavy atom. The van der Waals surface area contributed by atoms with Gasteiger partial charge in [0.25, 0.3) is 5.91 Å². The highest BCUT2D eigenvalue weighted by molar-refractivity contribution is 6.06. The van der Waals surface area contributed by atoms with E-state index in [4.69, 9.17) is 9.84 Å². The molecule has 4 aromatic rings. The zero-order chi connectivity index (χ0) is 23.3. The fourth-order valence-corrected chi connectivity index (χ4v) is 4.13. The highest BCUT2D eigenvalue weighted by atomic mass is 16.5. The lowest BCUT2D eigenvalue weighted by Crippen LogP contribution is -2.18. The summed E-state index contributed by atoms with van der Waals surface area (Å²) in [5, 5.41) is 10.0. The van der Waals surface area contributed by atoms with Crippen molar-refractivity contribution in [2.75, 3.05) is 17.4 Å². The first-order chi connectivity index (χ1) is 16.7. The minimum absolute atomic E-state index is 0.132. The number of para-hydroxylation sites is 1. The van der Waals surface area contributed by atoms with Crippen LogP contribution in [0.15, 0.2) is 114 Å². The molecule has 5 heteroatoms. The van der Waals surface area contributed by atoms with Crippen LogP contribution in [0.1, 0.15) is 33.9 Å². The maximum absolute atomic E-state index is 12.6. The number of anilines is 2. The molecule has 0 saturated carbocycles. The van der Waals surface area contributed by atoms with Crippen molar-refractivity contribution >= 4 is 23.0 Å². The minimum Gasteiger partial charge on any atom is -0.497 e. The van der Waals surface area contributed by atoms with Crippen LogP contribution in [-0.2, 0) is 0 Å². The van der Waals surface area contributed by atoms with E-state index in [0.717, 1.165) is 34.8 Å². The fraction of sp³-hybridized carbons (Fsp3) is 0.103. The average Bonchev–Trinajstić information content (AvgIpc) is 3.36. The Labute approximate surface area is 199 Å². The molecule has 4 aromatic carbocycles. The van der Waals surface area contributed by atoms with Gasteiger partial charge in [-0.25, -0.2) is 0 Å². The molecule has 1 heterocycles. The first kappa shape index (κ1) is 21.5. The molecule has 0 fully saturated rings. The van der Waals surface area contributed by atoms with Crippen molar-refractivity contribution in [3.8, 4) is 5.75 Å². The topological polar surface area (TPSA) is 53.9 Å². The van der Waals surface area contributed by atoms with Crippen molar-refractivity contribution in [3.05, 3.63) is 126 Å². The number of rotatable bonds is 6. The number of methoxy groups -OCH3 is 1. The first-order valence-corrected chi connectivity index (χ1v) is 11.2. The molecular formula is C29H25N3O2. The SMILES string of the molecule is COc1ccc(C(=O)Nc2ccc(C3=NN(c4ccccc4)[C@H](c4ccccc4)C3)cc2)cc1. The van der Waals surface area contributed by atoms with Gasteiger partial charge in [0, 0.05) is 17.7 Å². The van der Waals surface area contributed by atoms with Crippen LogP contribution in [0.2, 0.25) is 0 Å². The third-order valence-electron chi connectivity index (χ3n) is 5.94. The number of ether oxygens (including phenoxy) is 1. The second kappa shape index (κ2) is 9.63. The van der Waals surface area contributed by atoms with Gasteiger partial charge in [-0.1, -0.05) is 60.7 Å². The van der Waals surface area contributed by atoms with Crippen LogP contribution in [-0.4, -0.2) is 18.7 Å². The molecule has 34 heavy (non-hydrogen) atoms. The highest BCUT2D eigenvalue weighted by Gasteiger charge is 2.29. The highest BCUT2D eigenvalue weighted by Crippen LogP contribution is 2.36. The predicted molar refractivity (Wildman–Crippen MR) is 137 cm³/mol. The number of hydrogen-bond donors (Lipinski definition) is 1. The van der Waals surface area contributed by atoms with Gasteiger partial charge < -0.3 is 10.1 Å². The molecule has 1 aliphatic heterocycles. The third kappa shape index (κ3) is 4.55. The summed E-state index contributed by atoms with van der Waals surface area (Å²) in [6, 6.07) is 35.8. The first-order valence-electron chi connectivity index (χ1n) is 11.2. The van der Waals surface area contributed by atoms with Gasteiger partial charge in [-0.2, -0.15) is 5.10 Å². The zero-order valence-electron chi connectivity index (χ0n) is 18.9. The lowest BCUT2D eigenvalue weighted by Gasteiger charge is -2.23. The molecule has 0 unspecified atom stereocenters. The second-order valence-corrected chi connectivity index (χ2v) is 8.12. The number of nitrogens with one attached hydrogen (secondary N) is 1. The minimum atomic E-state index is -0.159. The van der Waals surface area contributed by atoms with Crippen LogP contribution in [0, 0.1) is 0 Å². The van der Waals surface area contributed by atoms with E-state index in [1.54, 1.807) is 31.4 Å². The monoisotopic (exact) mass is 447 g/mol. The Kier molecular flexibility index (Phi) is 6.08. The van der Waals surface area contributed by atoms with Gasteiger partial charge in [-0.15, -0.1) is 0 Å². The summed E-state index contributed by atoms with van der Waals surface area (Å²) in [7, 11) is 1.60. The average molecular weight is 448 g/mol. The number of nitrogens with zero attached hydrogens (tertiary/aromatic N) is 2. The molecular weight excluding hydrogens is 422 g/mol. The molecule has 0 aromatic heterocycles. The van der Waals surface area contributed by atoms with Gasteiger partial charge in [0.2, 0.25) is 0 Å². The summed E-state index contributed by atoms with van der Waals surface area (Å²) < 4.78 is 5.15. The summed E-state index contributed by atoms with van der Waals surface area (Å²) in [6.07, 6.45) is 0.802. The molecule has 0 spiro atoms. The van der Waals surface area contributed by atoms with E-state index in [0.29, 0.717) is 5.56 Å². The van der Waals surface area contributed by atoms with Crippen molar-refractivity contribution in [1.82, 2.24) is 0 Å². The Bertz CT molecular complexity index is 1290. The third-order valence-corrected chi connectivity index (χ3v) is 5.94. The molecule has 0 bridgehead atoms. The molecule has 5 rings (SSSR count). The maximum atomic E-state index is 12.6. The molecule has 1 N–H and O–H groups in total. The van der Waals surface area contributed by atoms with Gasteiger partial charge in [0.1, 0.15) is 5.75 Å². The number of carbonyl (C=O) groups excluding carboxylic acids is 1. The van der Waals surface area contributed by atoms with Crippen molar-refractivity contribution in [2.45, 2.75) is 12.5 Å². The molecule has 1 amide bonds. The summed E-state index contributed by atoms with van der Waals surface area (Å²) in [5.41, 5.74) is 5.67. The van der Waals surface area contributed by atoms with Crippen molar-refractivity contribution < 1.29 is 9.53 Å². The fourth-order valence-electron chi connectivity index (χ4n) is 4.13. The number of benzene rings is 4. The Morgan fingerprint density at radius 3 is 2.15 bits per heavy atom. The van der Waals surface area contributed by atoms with Crippen LogP contribution in [0.25, 0.3) is 0 Å². The van der Waals surface area contributed by atoms with Crippen molar-refractivity contribution in [3.63, 3.8) is 0 Å². The summed E-state index contributed by atoms with van der Waals surface area (Å²) in [4.78, 5) is 12.6. The van der Waals surface area contributed by atoms with E-state index in [9.17, 15) is 4.79 Å². The van der Waals surface area contributed by atoms with E-state index >= 15 is 0 Å². The van der Waals surface area contributed by atoms with Crippen LogP contribution < -0.4 is 15.1 Å². The molecule has 1 atom stereocenters. The van der Waals surface area contributed by atoms with Gasteiger partial charge in [0.15, 0.2) is 0 Å². The Balaban J connectivity index is 1.35. The smallest absolute Gasteiger partial charge is 0.255 e. The standard InChI is InChI=1S/C29H25N3O2/c1-34-26-18-14-23(15-19-26)29(33)30-24-16-12-21(13-17-24)27-20-28(22-8-4-2-5-9-22)32(31-27)25-10-6-3-7-11-25/h2-19,28H,20H2,1H3,(H,30,33)/t28-/m0/s1. The van der Waals surface area contributed by atoms with E-state index in [1.807, 2.05) is 48.5 Å². The molecule has 0 saturated heterocycles. The molecule has 168 valence electrons. The molecule has 1 aliphatic rings. The number of hydrogen-bond acceptors (Lipinski definition) is 4. The zero-order valence-corrected chi connectivity index (χ0v) is 18.9. The van der Waals surface area contributed by atoms with E-state index < -0.39 is 0 Å². The van der Waals surface area contributed by atoms with Gasteiger partial charge in [-0.3, -0.25) is 9.80 Å². The molecule has 0 aliphatic carbocycles. The Hall–Kier alpha value is -4.38. The number of hydrazone groups is 1. The number of carbonyl (C=O) groups is 1. The van der Waals surface area contributed by atoms with Gasteiger partial charge in [-0.05, 0) is 59.7 Å². The lowest BCUT2D eigenvalue weighted by molar-refractivity contribution is 0.102. The molecule has 0 radical (unpaired) electrons. The Morgan fingerprint density at radius 1 is 0.853 bits per heavy atom. The van der Waals surface area contributed by atoms with Crippen molar-refractivity contribution in [2.24, 2.45) is 5.10 Å².